The summed E-state index contributed by atoms with van der Waals surface area (Å²) in [5.41, 5.74) is 0. The van der Waals surface area contributed by atoms with Crippen molar-refractivity contribution in [2.45, 2.75) is 58.6 Å². The standard InChI is InChI=1S/C16H30O2S6/c1-3-11(17)13-7-21-15(23-13)9-19-5-6-20-10-16-22-8-14(24-16)12(18)4-2/h11-18H,3-10H2,1-2H3. The quantitative estimate of drug-likeness (QED) is 0.454. The summed E-state index contributed by atoms with van der Waals surface area (Å²) in [6, 6.07) is 0. The van der Waals surface area contributed by atoms with Gasteiger partial charge in [-0.1, -0.05) is 13.8 Å². The zero-order valence-corrected chi connectivity index (χ0v) is 19.4. The number of hydrogen-bond donors (Lipinski definition) is 2. The van der Waals surface area contributed by atoms with Crippen LogP contribution in [-0.2, 0) is 0 Å². The van der Waals surface area contributed by atoms with E-state index in [1.165, 1.54) is 23.0 Å². The van der Waals surface area contributed by atoms with E-state index < -0.39 is 0 Å². The van der Waals surface area contributed by atoms with Crippen molar-refractivity contribution in [2.75, 3.05) is 34.5 Å². The summed E-state index contributed by atoms with van der Waals surface area (Å²) in [6.07, 6.45) is 1.51. The highest BCUT2D eigenvalue weighted by molar-refractivity contribution is 8.22. The molecule has 2 aliphatic rings. The lowest BCUT2D eigenvalue weighted by molar-refractivity contribution is 0.173. The molecule has 0 radical (unpaired) electrons. The fourth-order valence-corrected chi connectivity index (χ4v) is 12.6. The Kier molecular flexibility index (Phi) is 11.6. The molecule has 0 aromatic rings. The minimum absolute atomic E-state index is 0.121. The number of aliphatic hydroxyl groups is 2. The second-order valence-electron chi connectivity index (χ2n) is 5.98. The summed E-state index contributed by atoms with van der Waals surface area (Å²) >= 11 is 12.2. The van der Waals surface area contributed by atoms with Crippen molar-refractivity contribution in [2.24, 2.45) is 0 Å². The normalized spacial score (nSPS) is 33.0. The average molecular weight is 447 g/mol. The summed E-state index contributed by atoms with van der Waals surface area (Å²) in [5.74, 6) is 7.10. The Morgan fingerprint density at radius 1 is 0.833 bits per heavy atom. The van der Waals surface area contributed by atoms with Gasteiger partial charge >= 0.3 is 0 Å². The van der Waals surface area contributed by atoms with E-state index in [1.807, 2.05) is 47.0 Å². The van der Waals surface area contributed by atoms with E-state index in [0.29, 0.717) is 19.7 Å². The Bertz CT molecular complexity index is 317. The highest BCUT2D eigenvalue weighted by Crippen LogP contribution is 2.42. The fraction of sp³-hybridized carbons (Fsp3) is 1.00. The van der Waals surface area contributed by atoms with Crippen LogP contribution in [0.5, 0.6) is 0 Å². The second kappa shape index (κ2) is 12.5. The molecular weight excluding hydrogens is 417 g/mol. The molecule has 2 nitrogen and oxygen atoms in total. The summed E-state index contributed by atoms with van der Waals surface area (Å²) < 4.78 is 1.34. The smallest absolute Gasteiger partial charge is 0.0664 e. The zero-order chi connectivity index (χ0) is 17.4. The molecule has 0 aromatic carbocycles. The molecule has 2 saturated heterocycles. The lowest BCUT2D eigenvalue weighted by Gasteiger charge is -2.15. The van der Waals surface area contributed by atoms with Crippen LogP contribution in [0.15, 0.2) is 0 Å². The van der Waals surface area contributed by atoms with E-state index in [1.54, 1.807) is 0 Å². The number of aliphatic hydroxyl groups excluding tert-OH is 2. The maximum absolute atomic E-state index is 9.93. The maximum atomic E-state index is 9.93. The average Bonchev–Trinajstić information content (AvgIpc) is 3.26. The van der Waals surface area contributed by atoms with Gasteiger partial charge in [0.05, 0.1) is 21.4 Å². The monoisotopic (exact) mass is 446 g/mol. The molecule has 2 heterocycles. The fourth-order valence-electron chi connectivity index (χ4n) is 2.53. The first kappa shape index (κ1) is 22.3. The number of hydrogen-bond acceptors (Lipinski definition) is 8. The lowest BCUT2D eigenvalue weighted by Crippen LogP contribution is -2.21. The van der Waals surface area contributed by atoms with E-state index in [-0.39, 0.29) is 12.2 Å². The molecule has 0 aliphatic carbocycles. The number of thioether (sulfide) groups is 6. The highest BCUT2D eigenvalue weighted by atomic mass is 32.2. The molecule has 0 saturated carbocycles. The van der Waals surface area contributed by atoms with Crippen molar-refractivity contribution >= 4 is 70.6 Å². The maximum Gasteiger partial charge on any atom is 0.0664 e. The summed E-state index contributed by atoms with van der Waals surface area (Å²) in [4.78, 5) is 0. The first-order valence-electron chi connectivity index (χ1n) is 8.69. The zero-order valence-electron chi connectivity index (χ0n) is 14.5. The van der Waals surface area contributed by atoms with Gasteiger partial charge in [0.1, 0.15) is 0 Å². The van der Waals surface area contributed by atoms with Crippen LogP contribution in [0.3, 0.4) is 0 Å². The van der Waals surface area contributed by atoms with Gasteiger partial charge < -0.3 is 10.2 Å². The second-order valence-corrected chi connectivity index (χ2v) is 14.2. The summed E-state index contributed by atoms with van der Waals surface area (Å²) in [5, 5.41) is 20.7. The molecule has 8 heteroatoms. The summed E-state index contributed by atoms with van der Waals surface area (Å²) in [6.45, 7) is 4.14. The van der Waals surface area contributed by atoms with Crippen molar-refractivity contribution in [3.05, 3.63) is 0 Å². The third-order valence-electron chi connectivity index (χ3n) is 4.12. The van der Waals surface area contributed by atoms with Gasteiger partial charge in [-0.3, -0.25) is 0 Å². The van der Waals surface area contributed by atoms with Gasteiger partial charge in [-0.25, -0.2) is 0 Å². The predicted octanol–water partition coefficient (Wildman–Crippen LogP) is 4.34. The molecule has 24 heavy (non-hydrogen) atoms. The van der Waals surface area contributed by atoms with Crippen LogP contribution in [0.1, 0.15) is 26.7 Å². The first-order valence-corrected chi connectivity index (χ1v) is 15.0. The Morgan fingerprint density at radius 2 is 1.25 bits per heavy atom. The Labute approximate surface area is 173 Å². The van der Waals surface area contributed by atoms with Gasteiger partial charge in [0.2, 0.25) is 0 Å². The number of rotatable bonds is 11. The van der Waals surface area contributed by atoms with E-state index >= 15 is 0 Å². The molecule has 6 unspecified atom stereocenters. The van der Waals surface area contributed by atoms with Gasteiger partial charge in [0, 0.05) is 45.0 Å². The van der Waals surface area contributed by atoms with E-state index in [4.69, 9.17) is 0 Å². The minimum atomic E-state index is -0.121. The topological polar surface area (TPSA) is 40.5 Å². The van der Waals surface area contributed by atoms with E-state index in [2.05, 4.69) is 37.4 Å². The van der Waals surface area contributed by atoms with Crippen LogP contribution in [0.25, 0.3) is 0 Å². The molecule has 142 valence electrons. The van der Waals surface area contributed by atoms with E-state index in [9.17, 15) is 10.2 Å². The third kappa shape index (κ3) is 7.56. The van der Waals surface area contributed by atoms with Crippen molar-refractivity contribution < 1.29 is 10.2 Å². The van der Waals surface area contributed by atoms with Gasteiger partial charge in [0.15, 0.2) is 0 Å². The molecule has 6 atom stereocenters. The molecule has 2 N–H and O–H groups in total. The Balaban J connectivity index is 1.45. The van der Waals surface area contributed by atoms with Crippen LogP contribution in [0, 0.1) is 0 Å². The first-order chi connectivity index (χ1) is 11.6. The Hall–Kier alpha value is 2.02. The van der Waals surface area contributed by atoms with Crippen molar-refractivity contribution in [3.63, 3.8) is 0 Å². The predicted molar refractivity (Wildman–Crippen MR) is 122 cm³/mol. The van der Waals surface area contributed by atoms with Crippen molar-refractivity contribution in [1.82, 2.24) is 0 Å². The molecular formula is C16H30O2S6. The van der Waals surface area contributed by atoms with Crippen molar-refractivity contribution in [1.29, 1.82) is 0 Å². The molecule has 2 aliphatic heterocycles. The lowest BCUT2D eigenvalue weighted by atomic mass is 10.2. The van der Waals surface area contributed by atoms with Crippen molar-refractivity contribution in [3.8, 4) is 0 Å². The van der Waals surface area contributed by atoms with Gasteiger partial charge in [0.25, 0.3) is 0 Å². The van der Waals surface area contributed by atoms with E-state index in [0.717, 1.165) is 24.3 Å². The largest absolute Gasteiger partial charge is 0.392 e. The van der Waals surface area contributed by atoms with Crippen LogP contribution in [-0.4, -0.2) is 76.6 Å². The van der Waals surface area contributed by atoms with Gasteiger partial charge in [-0.05, 0) is 12.8 Å². The molecule has 0 bridgehead atoms. The van der Waals surface area contributed by atoms with Crippen LogP contribution < -0.4 is 0 Å². The SMILES string of the molecule is CCC(O)C1CSC(CSCCSCC2SCC(C(O)CC)S2)S1. The molecule has 0 amide bonds. The molecule has 2 fully saturated rings. The van der Waals surface area contributed by atoms with Crippen LogP contribution in [0.2, 0.25) is 0 Å². The molecule has 0 aromatic heterocycles. The molecule has 2 rings (SSSR count). The Morgan fingerprint density at radius 3 is 1.62 bits per heavy atom. The minimum Gasteiger partial charge on any atom is -0.392 e. The van der Waals surface area contributed by atoms with Gasteiger partial charge in [-0.15, -0.1) is 47.0 Å². The highest BCUT2D eigenvalue weighted by Gasteiger charge is 2.31. The van der Waals surface area contributed by atoms with Crippen LogP contribution in [0.4, 0.5) is 0 Å². The molecule has 0 spiro atoms. The van der Waals surface area contributed by atoms with Crippen LogP contribution >= 0.6 is 70.6 Å². The van der Waals surface area contributed by atoms with Gasteiger partial charge in [-0.2, -0.15) is 23.5 Å². The third-order valence-corrected chi connectivity index (χ3v) is 14.0. The summed E-state index contributed by atoms with van der Waals surface area (Å²) in [7, 11) is 0.